The van der Waals surface area contributed by atoms with Crippen molar-refractivity contribution >= 4 is 15.4 Å². The molecule has 1 saturated heterocycles. The van der Waals surface area contributed by atoms with E-state index >= 15 is 0 Å². The number of methoxy groups -OCH3 is 1. The van der Waals surface area contributed by atoms with Crippen molar-refractivity contribution in [2.75, 3.05) is 33.5 Å². The maximum atomic E-state index is 11.3. The number of nitrogens with two attached hydrogens (primary N) is 1. The van der Waals surface area contributed by atoms with Crippen LogP contribution in [0.15, 0.2) is 0 Å². The molecule has 9 heteroatoms. The fourth-order valence-electron chi connectivity index (χ4n) is 1.89. The molecule has 110 valence electrons. The molecule has 19 heavy (non-hydrogen) atoms. The normalized spacial score (nSPS) is 34.3. The molecule has 0 aliphatic carbocycles. The standard InChI is InChI=1S/C10H21BNO6P/c1-15-6-7-8(18-19(2,13)14)9(10(11)17-7)16-5-3-4-12/h7-10H,3-6,12H2,1-2H3,(H,13,14)/p-1/t7-,8-,9-,10-/m1/s1. The molecule has 1 rings (SSSR count). The lowest BCUT2D eigenvalue weighted by Gasteiger charge is -2.29. The molecule has 1 heterocycles. The minimum absolute atomic E-state index is 0.176. The molecule has 0 aromatic carbocycles. The van der Waals surface area contributed by atoms with E-state index in [2.05, 4.69) is 0 Å². The minimum Gasteiger partial charge on any atom is -0.779 e. The highest BCUT2D eigenvalue weighted by Gasteiger charge is 2.44. The summed E-state index contributed by atoms with van der Waals surface area (Å²) in [4.78, 5) is 11.3. The molecule has 2 N–H and O–H groups in total. The zero-order chi connectivity index (χ0) is 14.5. The first-order chi connectivity index (χ1) is 8.89. The summed E-state index contributed by atoms with van der Waals surface area (Å²) >= 11 is 0. The van der Waals surface area contributed by atoms with E-state index in [0.717, 1.165) is 6.66 Å². The van der Waals surface area contributed by atoms with Crippen molar-refractivity contribution in [1.82, 2.24) is 0 Å². The van der Waals surface area contributed by atoms with E-state index in [0.29, 0.717) is 19.6 Å². The van der Waals surface area contributed by atoms with Crippen LogP contribution in [0.25, 0.3) is 0 Å². The second-order valence-electron chi connectivity index (χ2n) is 4.41. The van der Waals surface area contributed by atoms with E-state index in [1.54, 1.807) is 0 Å². The lowest BCUT2D eigenvalue weighted by molar-refractivity contribution is -0.205. The highest BCUT2D eigenvalue weighted by atomic mass is 31.2. The molecular weight excluding hydrogens is 272 g/mol. The Morgan fingerprint density at radius 1 is 1.47 bits per heavy atom. The molecule has 1 fully saturated rings. The van der Waals surface area contributed by atoms with Crippen molar-refractivity contribution in [2.45, 2.75) is 30.7 Å². The molecule has 1 aliphatic heterocycles. The number of hydrogen-bond acceptors (Lipinski definition) is 7. The van der Waals surface area contributed by atoms with Crippen LogP contribution in [-0.4, -0.2) is 65.7 Å². The molecule has 0 spiro atoms. The Morgan fingerprint density at radius 2 is 2.16 bits per heavy atom. The topological polar surface area (TPSA) is 103 Å². The Bertz CT molecular complexity index is 314. The summed E-state index contributed by atoms with van der Waals surface area (Å²) in [5.74, 6) is 0. The smallest absolute Gasteiger partial charge is 0.132 e. The van der Waals surface area contributed by atoms with Crippen molar-refractivity contribution in [2.24, 2.45) is 5.73 Å². The zero-order valence-corrected chi connectivity index (χ0v) is 12.1. The highest BCUT2D eigenvalue weighted by Crippen LogP contribution is 2.39. The first kappa shape index (κ1) is 17.1. The lowest BCUT2D eigenvalue weighted by atomic mass is 9.93. The van der Waals surface area contributed by atoms with Crippen LogP contribution >= 0.6 is 7.60 Å². The van der Waals surface area contributed by atoms with Gasteiger partial charge in [0, 0.05) is 26.4 Å². The van der Waals surface area contributed by atoms with Gasteiger partial charge in [-0.25, -0.2) is 0 Å². The van der Waals surface area contributed by atoms with E-state index in [-0.39, 0.29) is 6.61 Å². The van der Waals surface area contributed by atoms with Crippen molar-refractivity contribution < 1.29 is 28.2 Å². The average molecular weight is 292 g/mol. The van der Waals surface area contributed by atoms with Gasteiger partial charge in [0.1, 0.15) is 33.8 Å². The Hall–Kier alpha value is 0.0549. The van der Waals surface area contributed by atoms with Crippen LogP contribution in [0, 0.1) is 0 Å². The molecule has 7 nitrogen and oxygen atoms in total. The third-order valence-electron chi connectivity index (χ3n) is 2.65. The summed E-state index contributed by atoms with van der Waals surface area (Å²) in [5, 5.41) is 0. The van der Waals surface area contributed by atoms with E-state index in [9.17, 15) is 9.46 Å². The van der Waals surface area contributed by atoms with Gasteiger partial charge in [-0.15, -0.1) is 0 Å². The Morgan fingerprint density at radius 3 is 2.68 bits per heavy atom. The maximum absolute atomic E-state index is 11.3. The van der Waals surface area contributed by atoms with Crippen LogP contribution in [-0.2, 0) is 23.3 Å². The number of ether oxygens (including phenoxy) is 3. The molecule has 0 aromatic rings. The van der Waals surface area contributed by atoms with Crippen LogP contribution in [0.3, 0.4) is 0 Å². The lowest BCUT2D eigenvalue weighted by Crippen LogP contribution is -2.39. The second-order valence-corrected chi connectivity index (χ2v) is 6.17. The fourth-order valence-corrected chi connectivity index (χ4v) is 2.59. The van der Waals surface area contributed by atoms with E-state index in [1.165, 1.54) is 7.11 Å². The molecule has 1 aliphatic rings. The van der Waals surface area contributed by atoms with Crippen LogP contribution in [0.5, 0.6) is 0 Å². The van der Waals surface area contributed by atoms with Crippen LogP contribution in [0.2, 0.25) is 0 Å². The van der Waals surface area contributed by atoms with Gasteiger partial charge in [-0.2, -0.15) is 0 Å². The van der Waals surface area contributed by atoms with E-state index in [4.69, 9.17) is 32.3 Å². The van der Waals surface area contributed by atoms with E-state index in [1.807, 2.05) is 0 Å². The van der Waals surface area contributed by atoms with Crippen molar-refractivity contribution in [3.63, 3.8) is 0 Å². The van der Waals surface area contributed by atoms with Crippen LogP contribution in [0.1, 0.15) is 6.42 Å². The predicted octanol–water partition coefficient (Wildman–Crippen LogP) is -1.17. The van der Waals surface area contributed by atoms with Crippen molar-refractivity contribution in [3.05, 3.63) is 0 Å². The van der Waals surface area contributed by atoms with Gasteiger partial charge in [-0.05, 0) is 13.0 Å². The fraction of sp³-hybridized carbons (Fsp3) is 1.00. The zero-order valence-electron chi connectivity index (χ0n) is 11.2. The first-order valence-corrected chi connectivity index (χ1v) is 8.06. The Kier molecular flexibility index (Phi) is 6.97. The second kappa shape index (κ2) is 7.74. The third-order valence-corrected chi connectivity index (χ3v) is 3.28. The number of hydrogen-bond donors (Lipinski definition) is 1. The predicted molar refractivity (Wildman–Crippen MR) is 68.1 cm³/mol. The number of rotatable bonds is 8. The highest BCUT2D eigenvalue weighted by molar-refractivity contribution is 7.50. The quantitative estimate of drug-likeness (QED) is 0.341. The summed E-state index contributed by atoms with van der Waals surface area (Å²) in [6.45, 7) is 2.01. The van der Waals surface area contributed by atoms with Gasteiger partial charge in [-0.3, -0.25) is 0 Å². The maximum Gasteiger partial charge on any atom is 0.132 e. The molecular formula is C10H20BNO6P-. The van der Waals surface area contributed by atoms with E-state index < -0.39 is 31.9 Å². The average Bonchev–Trinajstić information content (AvgIpc) is 2.56. The summed E-state index contributed by atoms with van der Waals surface area (Å²) in [7, 11) is 3.34. The third kappa shape index (κ3) is 5.51. The summed E-state index contributed by atoms with van der Waals surface area (Å²) in [6.07, 6.45) is -1.40. The van der Waals surface area contributed by atoms with Gasteiger partial charge in [0.15, 0.2) is 0 Å². The summed E-state index contributed by atoms with van der Waals surface area (Å²) < 4.78 is 32.2. The Balaban J connectivity index is 2.70. The molecule has 2 radical (unpaired) electrons. The van der Waals surface area contributed by atoms with Crippen molar-refractivity contribution in [3.8, 4) is 0 Å². The largest absolute Gasteiger partial charge is 0.779 e. The minimum atomic E-state index is -3.92. The van der Waals surface area contributed by atoms with Crippen molar-refractivity contribution in [1.29, 1.82) is 0 Å². The van der Waals surface area contributed by atoms with Crippen LogP contribution in [0.4, 0.5) is 0 Å². The SMILES string of the molecule is [B][C@@H]1O[C@H](COC)[C@@H](OP(C)(=O)[O-])[C@H]1OCCCN. The Labute approximate surface area is 114 Å². The molecule has 0 aromatic heterocycles. The van der Waals surface area contributed by atoms with Gasteiger partial charge < -0.3 is 33.9 Å². The van der Waals surface area contributed by atoms with Crippen LogP contribution < -0.4 is 10.6 Å². The molecule has 0 amide bonds. The molecule has 0 bridgehead atoms. The monoisotopic (exact) mass is 292 g/mol. The van der Waals surface area contributed by atoms with Gasteiger partial charge in [-0.1, -0.05) is 0 Å². The molecule has 5 atom stereocenters. The summed E-state index contributed by atoms with van der Waals surface area (Å²) in [6, 6.07) is -0.755. The summed E-state index contributed by atoms with van der Waals surface area (Å²) in [5.41, 5.74) is 5.37. The first-order valence-electron chi connectivity index (χ1n) is 6.07. The molecule has 0 saturated carbocycles. The van der Waals surface area contributed by atoms with Gasteiger partial charge >= 0.3 is 0 Å². The van der Waals surface area contributed by atoms with Gasteiger partial charge in [0.25, 0.3) is 0 Å². The molecule has 1 unspecified atom stereocenters. The van der Waals surface area contributed by atoms with Gasteiger partial charge in [0.2, 0.25) is 0 Å². The van der Waals surface area contributed by atoms with Gasteiger partial charge in [0.05, 0.1) is 6.61 Å².